The first-order valence-corrected chi connectivity index (χ1v) is 27.7. The SMILES string of the molecule is C#CCOCCOCCOCCOCCC(=O)N(CCCCNC(=O)O[C@@H]([C@@H]1OC(C(=O)OC)=C[C@H](NC(=N)N)[C@H]1NC(C)=O)[C@H]1COC(=O)O1)CCOCCOCCNC(=O)O[C@@H]([C@@H]1OC(C(=O)OC)=C[C@H](NC(=N)N)[C@H]1NC(C)=O)[C@H]1COC(=O)O1. The van der Waals surface area contributed by atoms with Gasteiger partial charge in [-0.25, -0.2) is 28.8 Å². The van der Waals surface area contributed by atoms with Gasteiger partial charge in [0.05, 0.1) is 117 Å². The Morgan fingerprint density at radius 1 is 0.602 bits per heavy atom. The van der Waals surface area contributed by atoms with Crippen LogP contribution in [0.1, 0.15) is 33.1 Å². The number of hydrogen-bond acceptors (Lipinski definition) is 27. The van der Waals surface area contributed by atoms with Crippen LogP contribution in [0.4, 0.5) is 19.2 Å². The quantitative estimate of drug-likeness (QED) is 0.00716. The Morgan fingerprint density at radius 2 is 1.03 bits per heavy atom. The molecule has 0 spiro atoms. The number of terminal acetylenes is 1. The smallest absolute Gasteiger partial charge is 0.477 e. The first-order chi connectivity index (χ1) is 42.2. The molecule has 0 aromatic carbocycles. The number of methoxy groups -OCH3 is 2. The van der Waals surface area contributed by atoms with Crippen molar-refractivity contribution in [2.45, 2.75) is 93.9 Å². The van der Waals surface area contributed by atoms with Crippen LogP contribution in [0.25, 0.3) is 0 Å². The highest BCUT2D eigenvalue weighted by atomic mass is 16.8. The van der Waals surface area contributed by atoms with Gasteiger partial charge in [0.15, 0.2) is 48.5 Å². The topological polar surface area (TPSA) is 476 Å². The average molecular weight is 1260 g/mol. The number of amides is 5. The van der Waals surface area contributed by atoms with Crippen LogP contribution in [-0.4, -0.2) is 265 Å². The molecule has 10 atom stereocenters. The summed E-state index contributed by atoms with van der Waals surface area (Å²) in [6.45, 7) is 4.06. The molecular formula is C52H79N11O25. The Balaban J connectivity index is 1.30. The van der Waals surface area contributed by atoms with Crippen molar-refractivity contribution in [1.29, 1.82) is 10.8 Å². The number of hydrogen-bond donors (Lipinski definition) is 10. The van der Waals surface area contributed by atoms with Gasteiger partial charge in [0, 0.05) is 40.0 Å². The van der Waals surface area contributed by atoms with Gasteiger partial charge < -0.3 is 124 Å². The lowest BCUT2D eigenvalue weighted by Gasteiger charge is -2.41. The van der Waals surface area contributed by atoms with Crippen molar-refractivity contribution in [2.24, 2.45) is 11.5 Å². The van der Waals surface area contributed by atoms with Gasteiger partial charge in [-0.1, -0.05) is 5.92 Å². The van der Waals surface area contributed by atoms with Gasteiger partial charge in [0.2, 0.25) is 29.2 Å². The first-order valence-electron chi connectivity index (χ1n) is 27.7. The highest BCUT2D eigenvalue weighted by Crippen LogP contribution is 2.30. The Labute approximate surface area is 505 Å². The molecule has 0 aromatic rings. The average Bonchev–Trinajstić information content (AvgIpc) is 1.90. The minimum Gasteiger partial charge on any atom is -0.477 e. The van der Waals surface area contributed by atoms with Crippen LogP contribution < -0.4 is 43.4 Å². The number of esters is 2. The molecule has 0 unspecified atom stereocenters. The van der Waals surface area contributed by atoms with Crippen LogP contribution in [0.15, 0.2) is 23.7 Å². The maximum Gasteiger partial charge on any atom is 0.508 e. The van der Waals surface area contributed by atoms with Crippen molar-refractivity contribution >= 4 is 66.1 Å². The number of nitrogens with one attached hydrogen (secondary N) is 8. The first kappa shape index (κ1) is 71.8. The van der Waals surface area contributed by atoms with Gasteiger partial charge in [-0.3, -0.25) is 25.2 Å². The molecule has 0 radical (unpaired) electrons. The van der Waals surface area contributed by atoms with Crippen LogP contribution in [0.5, 0.6) is 0 Å². The van der Waals surface area contributed by atoms with E-state index in [1.54, 1.807) is 4.90 Å². The Hall–Kier alpha value is -8.63. The second-order valence-corrected chi connectivity index (χ2v) is 19.0. The fraction of sp³-hybridized carbons (Fsp3) is 0.673. The second kappa shape index (κ2) is 39.2. The third-order valence-corrected chi connectivity index (χ3v) is 12.6. The van der Waals surface area contributed by atoms with E-state index in [0.717, 1.165) is 14.2 Å². The Bertz CT molecular complexity index is 2470. The molecule has 2 fully saturated rings. The van der Waals surface area contributed by atoms with Gasteiger partial charge in [-0.05, 0) is 25.0 Å². The zero-order valence-electron chi connectivity index (χ0n) is 49.2. The summed E-state index contributed by atoms with van der Waals surface area (Å²) in [7, 11) is 2.17. The minimum atomic E-state index is -1.53. The molecule has 36 heteroatoms. The molecule has 4 rings (SSSR count). The molecule has 0 aliphatic carbocycles. The molecular weight excluding hydrogens is 1180 g/mol. The molecule has 0 saturated carbocycles. The number of nitrogens with zero attached hydrogens (tertiary/aromatic N) is 1. The fourth-order valence-electron chi connectivity index (χ4n) is 8.73. The molecule has 2 saturated heterocycles. The lowest BCUT2D eigenvalue weighted by atomic mass is 9.91. The monoisotopic (exact) mass is 1260 g/mol. The van der Waals surface area contributed by atoms with Crippen molar-refractivity contribution < 1.29 is 119 Å². The van der Waals surface area contributed by atoms with Crippen molar-refractivity contribution in [2.75, 3.05) is 133 Å². The van der Waals surface area contributed by atoms with Crippen molar-refractivity contribution in [3.05, 3.63) is 23.7 Å². The molecule has 88 heavy (non-hydrogen) atoms. The third-order valence-electron chi connectivity index (χ3n) is 12.6. The Kier molecular flexibility index (Phi) is 32.0. The summed E-state index contributed by atoms with van der Waals surface area (Å²) in [5.41, 5.74) is 11.2. The summed E-state index contributed by atoms with van der Waals surface area (Å²) in [5, 5.41) is 31.2. The normalized spacial score (nSPS) is 21.5. The number of carbonyl (C=O) groups excluding carboxylic acids is 9. The number of nitrogens with two attached hydrogens (primary N) is 2. The maximum absolute atomic E-state index is 13.5. The van der Waals surface area contributed by atoms with Crippen molar-refractivity contribution in [3.63, 3.8) is 0 Å². The molecule has 36 nitrogen and oxygen atoms in total. The van der Waals surface area contributed by atoms with Gasteiger partial charge >= 0.3 is 36.4 Å². The number of alkyl carbamates (subject to hydrolysis) is 2. The van der Waals surface area contributed by atoms with E-state index in [1.807, 2.05) is 0 Å². The minimum absolute atomic E-state index is 0.00614. The molecule has 492 valence electrons. The number of unbranched alkanes of at least 4 members (excludes halogenated alkanes) is 1. The summed E-state index contributed by atoms with van der Waals surface area (Å²) in [6.07, 6.45) is -4.49. The van der Waals surface area contributed by atoms with Gasteiger partial charge in [0.25, 0.3) is 0 Å². The number of ether oxygens (including phenoxy) is 16. The molecule has 12 N–H and O–H groups in total. The zero-order valence-corrected chi connectivity index (χ0v) is 49.2. The van der Waals surface area contributed by atoms with Crippen molar-refractivity contribution in [1.82, 2.24) is 36.8 Å². The van der Waals surface area contributed by atoms with Crippen LogP contribution in [-0.2, 0) is 99.8 Å². The largest absolute Gasteiger partial charge is 0.508 e. The summed E-state index contributed by atoms with van der Waals surface area (Å²) >= 11 is 0. The van der Waals surface area contributed by atoms with Gasteiger partial charge in [-0.2, -0.15) is 0 Å². The van der Waals surface area contributed by atoms with Crippen LogP contribution >= 0.6 is 0 Å². The summed E-state index contributed by atoms with van der Waals surface area (Å²) in [5.74, 6) is -2.83. The van der Waals surface area contributed by atoms with Crippen LogP contribution in [0.3, 0.4) is 0 Å². The van der Waals surface area contributed by atoms with Gasteiger partial charge in [-0.15, -0.1) is 6.42 Å². The van der Waals surface area contributed by atoms with E-state index >= 15 is 0 Å². The Morgan fingerprint density at radius 3 is 1.45 bits per heavy atom. The summed E-state index contributed by atoms with van der Waals surface area (Å²) in [6, 6.07) is -4.51. The van der Waals surface area contributed by atoms with Gasteiger partial charge in [0.1, 0.15) is 19.8 Å². The third kappa shape index (κ3) is 25.8. The number of cyclic esters (lactones) is 4. The van der Waals surface area contributed by atoms with E-state index < -0.39 is 140 Å². The number of carbonyl (C=O) groups is 9. The molecule has 4 heterocycles. The van der Waals surface area contributed by atoms with E-state index in [9.17, 15) is 43.2 Å². The fourth-order valence-corrected chi connectivity index (χ4v) is 8.73. The van der Waals surface area contributed by atoms with Crippen molar-refractivity contribution in [3.8, 4) is 12.3 Å². The van der Waals surface area contributed by atoms with E-state index in [2.05, 4.69) is 37.8 Å². The van der Waals surface area contributed by atoms with E-state index in [0.29, 0.717) is 39.3 Å². The highest BCUT2D eigenvalue weighted by Gasteiger charge is 2.52. The maximum atomic E-state index is 13.5. The molecule has 5 amide bonds. The highest BCUT2D eigenvalue weighted by molar-refractivity contribution is 5.88. The van der Waals surface area contributed by atoms with E-state index in [4.69, 9.17) is 104 Å². The predicted molar refractivity (Wildman–Crippen MR) is 296 cm³/mol. The zero-order chi connectivity index (χ0) is 64.4. The van der Waals surface area contributed by atoms with E-state index in [-0.39, 0.29) is 97.1 Å². The lowest BCUT2D eigenvalue weighted by molar-refractivity contribution is -0.148. The summed E-state index contributed by atoms with van der Waals surface area (Å²) in [4.78, 5) is 116. The van der Waals surface area contributed by atoms with Crippen LogP contribution in [0.2, 0.25) is 0 Å². The lowest BCUT2D eigenvalue weighted by Crippen LogP contribution is -2.64. The van der Waals surface area contributed by atoms with E-state index in [1.165, 1.54) is 26.0 Å². The predicted octanol–water partition coefficient (Wildman–Crippen LogP) is -3.40. The number of rotatable bonds is 39. The molecule has 4 aliphatic rings. The standard InChI is InChI=1S/C52H79N11O25/c1-6-14-75-18-22-79-24-25-80-23-19-76-15-9-38(66)63(12-8-7-10-57-49(69)87-41(36-28-81-51(71)85-36)43-39(59-30(2)64)32(61-47(53)54)26-34(83-43)45(67)73-4)13-17-78-21-20-77-16-11-58-50(70)88-42(37-29-82-52(72)86-37)44-40(60-31(3)65)33(62-48(55)56)27-35(84-44)46(68)74-5/h1,26-27,32-33,36-37,39-44H,7-25,28-29H2,2-5H3,(H,57,69)(H,58,70)(H,59,64)(H,60,65)(H4,53,54,61)(H4,55,56,62)/t32-,33-,36+,37+,39+,40+,41+,42+,43+,44+/m0/s1. The number of guanidine groups is 2. The summed E-state index contributed by atoms with van der Waals surface area (Å²) < 4.78 is 86.3. The molecule has 4 aliphatic heterocycles. The van der Waals surface area contributed by atoms with Crippen LogP contribution in [0, 0.1) is 23.2 Å². The molecule has 0 bridgehead atoms. The molecule has 0 aromatic heterocycles. The second-order valence-electron chi connectivity index (χ2n) is 19.0.